The van der Waals surface area contributed by atoms with Crippen molar-refractivity contribution in [3.05, 3.63) is 47.0 Å². The molecular weight excluding hydrogens is 356 g/mol. The van der Waals surface area contributed by atoms with Crippen molar-refractivity contribution in [2.45, 2.75) is 25.3 Å². The monoisotopic (exact) mass is 376 g/mol. The highest BCUT2D eigenvalue weighted by atomic mass is 35.5. The normalized spacial score (nSPS) is 17.2. The summed E-state index contributed by atoms with van der Waals surface area (Å²) < 4.78 is 7.05. The van der Waals surface area contributed by atoms with Crippen LogP contribution >= 0.6 is 11.6 Å². The molecule has 1 aliphatic heterocycles. The molecule has 26 heavy (non-hydrogen) atoms. The first kappa shape index (κ1) is 18.3. The summed E-state index contributed by atoms with van der Waals surface area (Å²) in [5, 5.41) is 0.486. The number of hydrogen-bond donors (Lipinski definition) is 1. The number of halogens is 1. The summed E-state index contributed by atoms with van der Waals surface area (Å²) in [5.74, 6) is 0.780. The number of imidazole rings is 1. The summed E-state index contributed by atoms with van der Waals surface area (Å²) >= 11 is 6.05. The number of amides is 2. The molecule has 2 heterocycles. The van der Waals surface area contributed by atoms with Crippen LogP contribution < -0.4 is 10.5 Å². The second-order valence-corrected chi connectivity index (χ2v) is 6.75. The molecule has 1 aromatic carbocycles. The molecule has 2 amide bonds. The first-order valence-electron chi connectivity index (χ1n) is 8.41. The zero-order valence-corrected chi connectivity index (χ0v) is 15.3. The molecule has 2 aromatic rings. The maximum Gasteiger partial charge on any atom is 0.257 e. The molecule has 138 valence electrons. The second kappa shape index (κ2) is 7.78. The highest BCUT2D eigenvalue weighted by Crippen LogP contribution is 2.29. The lowest BCUT2D eigenvalue weighted by atomic mass is 9.96. The van der Waals surface area contributed by atoms with Crippen molar-refractivity contribution in [1.29, 1.82) is 0 Å². The maximum absolute atomic E-state index is 13.0. The number of carbonyl (C=O) groups is 2. The molecule has 7 nitrogen and oxygen atoms in total. The number of ether oxygens (including phenoxy) is 1. The van der Waals surface area contributed by atoms with Gasteiger partial charge in [0.2, 0.25) is 5.91 Å². The summed E-state index contributed by atoms with van der Waals surface area (Å²) in [5.41, 5.74) is 5.75. The van der Waals surface area contributed by atoms with Gasteiger partial charge in [0.05, 0.1) is 12.7 Å². The fraction of sp³-hybridized carbons (Fsp3) is 0.389. The van der Waals surface area contributed by atoms with E-state index in [0.717, 1.165) is 18.7 Å². The molecule has 3 rings (SSSR count). The summed E-state index contributed by atoms with van der Waals surface area (Å²) in [6, 6.07) is 5.01. The zero-order valence-electron chi connectivity index (χ0n) is 14.5. The Hall–Kier alpha value is -2.54. The first-order valence-corrected chi connectivity index (χ1v) is 8.79. The molecule has 8 heteroatoms. The van der Waals surface area contributed by atoms with E-state index in [-0.39, 0.29) is 18.4 Å². The standard InChI is InChI=1S/C18H21ClN4O3/c1-26-15-5-4-13(19)9-14(15)18(25)23-7-2-3-12(10-23)17-21-6-8-22(17)11-16(20)24/h4-6,8-9,12H,2-3,7,10-11H2,1H3,(H2,20,24)/t12-/m1/s1. The number of piperidine rings is 1. The number of benzene rings is 1. The molecule has 2 N–H and O–H groups in total. The van der Waals surface area contributed by atoms with Gasteiger partial charge >= 0.3 is 0 Å². The van der Waals surface area contributed by atoms with E-state index >= 15 is 0 Å². The average Bonchev–Trinajstić information content (AvgIpc) is 3.08. The van der Waals surface area contributed by atoms with Crippen LogP contribution in [0.1, 0.15) is 34.9 Å². The third-order valence-corrected chi connectivity index (χ3v) is 4.77. The highest BCUT2D eigenvalue weighted by Gasteiger charge is 2.29. The highest BCUT2D eigenvalue weighted by molar-refractivity contribution is 6.31. The molecule has 1 saturated heterocycles. The zero-order chi connectivity index (χ0) is 18.7. The summed E-state index contributed by atoms with van der Waals surface area (Å²) in [6.07, 6.45) is 5.13. The van der Waals surface area contributed by atoms with Crippen molar-refractivity contribution in [1.82, 2.24) is 14.5 Å². The lowest BCUT2D eigenvalue weighted by Gasteiger charge is -2.33. The Balaban J connectivity index is 1.81. The van der Waals surface area contributed by atoms with Gasteiger partial charge in [0, 0.05) is 36.4 Å². The molecule has 1 aliphatic rings. The Morgan fingerprint density at radius 2 is 2.23 bits per heavy atom. The smallest absolute Gasteiger partial charge is 0.257 e. The van der Waals surface area contributed by atoms with E-state index in [4.69, 9.17) is 22.1 Å². The maximum atomic E-state index is 13.0. The van der Waals surface area contributed by atoms with Crippen LogP contribution in [-0.4, -0.2) is 46.5 Å². The lowest BCUT2D eigenvalue weighted by Crippen LogP contribution is -2.40. The van der Waals surface area contributed by atoms with Crippen LogP contribution in [0.25, 0.3) is 0 Å². The van der Waals surface area contributed by atoms with E-state index < -0.39 is 5.91 Å². The summed E-state index contributed by atoms with van der Waals surface area (Å²) in [4.78, 5) is 30.4. The Kier molecular flexibility index (Phi) is 5.46. The fourth-order valence-corrected chi connectivity index (χ4v) is 3.54. The minimum atomic E-state index is -0.420. The van der Waals surface area contributed by atoms with Crippen LogP contribution in [0.3, 0.4) is 0 Å². The summed E-state index contributed by atoms with van der Waals surface area (Å²) in [6.45, 7) is 1.26. The van der Waals surface area contributed by atoms with E-state index in [1.807, 2.05) is 0 Å². The van der Waals surface area contributed by atoms with Gasteiger partial charge in [-0.2, -0.15) is 0 Å². The van der Waals surface area contributed by atoms with Gasteiger partial charge in [-0.05, 0) is 31.0 Å². The Morgan fingerprint density at radius 3 is 2.96 bits per heavy atom. The van der Waals surface area contributed by atoms with E-state index in [2.05, 4.69) is 4.98 Å². The van der Waals surface area contributed by atoms with Crippen molar-refractivity contribution in [2.75, 3.05) is 20.2 Å². The number of nitrogens with zero attached hydrogens (tertiary/aromatic N) is 3. The minimum absolute atomic E-state index is 0.0484. The van der Waals surface area contributed by atoms with Crippen molar-refractivity contribution in [3.8, 4) is 5.75 Å². The topological polar surface area (TPSA) is 90.4 Å². The molecule has 1 atom stereocenters. The number of hydrogen-bond acceptors (Lipinski definition) is 4. The Morgan fingerprint density at radius 1 is 1.42 bits per heavy atom. The number of nitrogens with two attached hydrogens (primary N) is 1. The number of likely N-dealkylation sites (tertiary alicyclic amines) is 1. The molecule has 0 radical (unpaired) electrons. The number of rotatable bonds is 5. The number of aromatic nitrogens is 2. The van der Waals surface area contributed by atoms with Crippen LogP contribution in [0.15, 0.2) is 30.6 Å². The van der Waals surface area contributed by atoms with Crippen LogP contribution in [0.4, 0.5) is 0 Å². The third kappa shape index (κ3) is 3.83. The number of carbonyl (C=O) groups excluding carboxylic acids is 2. The van der Waals surface area contributed by atoms with Crippen molar-refractivity contribution >= 4 is 23.4 Å². The van der Waals surface area contributed by atoms with Gasteiger partial charge in [0.1, 0.15) is 18.1 Å². The van der Waals surface area contributed by atoms with E-state index in [1.54, 1.807) is 40.1 Å². The van der Waals surface area contributed by atoms with Gasteiger partial charge in [-0.25, -0.2) is 4.98 Å². The molecule has 0 bridgehead atoms. The van der Waals surface area contributed by atoms with E-state index in [0.29, 0.717) is 29.4 Å². The SMILES string of the molecule is COc1ccc(Cl)cc1C(=O)N1CCC[C@@H](c2nccn2CC(N)=O)C1. The quantitative estimate of drug-likeness (QED) is 0.864. The Bertz CT molecular complexity index is 821. The van der Waals surface area contributed by atoms with Crippen LogP contribution in [-0.2, 0) is 11.3 Å². The van der Waals surface area contributed by atoms with Gasteiger partial charge in [-0.3, -0.25) is 9.59 Å². The van der Waals surface area contributed by atoms with Crippen molar-refractivity contribution < 1.29 is 14.3 Å². The lowest BCUT2D eigenvalue weighted by molar-refractivity contribution is -0.118. The molecule has 0 spiro atoms. The van der Waals surface area contributed by atoms with Crippen LogP contribution in [0, 0.1) is 0 Å². The number of primary amides is 1. The van der Waals surface area contributed by atoms with E-state index in [9.17, 15) is 9.59 Å². The van der Waals surface area contributed by atoms with Crippen LogP contribution in [0.2, 0.25) is 5.02 Å². The molecular formula is C18H21ClN4O3. The van der Waals surface area contributed by atoms with Gasteiger partial charge in [-0.15, -0.1) is 0 Å². The molecule has 0 saturated carbocycles. The van der Waals surface area contributed by atoms with E-state index in [1.165, 1.54) is 7.11 Å². The first-order chi connectivity index (χ1) is 12.5. The Labute approximate surface area is 156 Å². The largest absolute Gasteiger partial charge is 0.496 e. The van der Waals surface area contributed by atoms with Gasteiger partial charge in [0.15, 0.2) is 0 Å². The minimum Gasteiger partial charge on any atom is -0.496 e. The van der Waals surface area contributed by atoms with Crippen molar-refractivity contribution in [3.63, 3.8) is 0 Å². The van der Waals surface area contributed by atoms with Gasteiger partial charge in [0.25, 0.3) is 5.91 Å². The van der Waals surface area contributed by atoms with Gasteiger partial charge in [-0.1, -0.05) is 11.6 Å². The summed E-state index contributed by atoms with van der Waals surface area (Å²) in [7, 11) is 1.53. The van der Waals surface area contributed by atoms with Gasteiger partial charge < -0.3 is 19.9 Å². The fourth-order valence-electron chi connectivity index (χ4n) is 3.37. The molecule has 0 aliphatic carbocycles. The molecule has 1 aromatic heterocycles. The molecule has 1 fully saturated rings. The molecule has 0 unspecified atom stereocenters. The van der Waals surface area contributed by atoms with Crippen LogP contribution in [0.5, 0.6) is 5.75 Å². The number of methoxy groups -OCH3 is 1. The predicted octanol–water partition coefficient (Wildman–Crippen LogP) is 2.05. The second-order valence-electron chi connectivity index (χ2n) is 6.31. The third-order valence-electron chi connectivity index (χ3n) is 4.54. The van der Waals surface area contributed by atoms with Crippen molar-refractivity contribution in [2.24, 2.45) is 5.73 Å². The average molecular weight is 377 g/mol. The predicted molar refractivity (Wildman–Crippen MR) is 97.3 cm³/mol.